The van der Waals surface area contributed by atoms with Crippen LogP contribution in [0.1, 0.15) is 31.2 Å². The highest BCUT2D eigenvalue weighted by Crippen LogP contribution is 2.36. The number of aryl methyl sites for hydroxylation is 2. The number of unbranched alkanes of at least 4 members (excludes halogenated alkanes) is 1. The number of aromatic nitrogens is 3. The van der Waals surface area contributed by atoms with E-state index in [1.807, 2.05) is 31.2 Å². The van der Waals surface area contributed by atoms with Crippen molar-refractivity contribution < 1.29 is 9.47 Å². The lowest BCUT2D eigenvalue weighted by Crippen LogP contribution is -2.10. The third kappa shape index (κ3) is 3.46. The Bertz CT molecular complexity index is 1260. The summed E-state index contributed by atoms with van der Waals surface area (Å²) in [5, 5.41) is 0.957. The Hall–Kier alpha value is -2.93. The van der Waals surface area contributed by atoms with Gasteiger partial charge in [0.2, 0.25) is 0 Å². The van der Waals surface area contributed by atoms with Crippen LogP contribution in [0.3, 0.4) is 0 Å². The Labute approximate surface area is 172 Å². The molecule has 0 bridgehead atoms. The number of nitrogens with one attached hydrogen (secondary N) is 1. The van der Waals surface area contributed by atoms with Crippen LogP contribution in [-0.4, -0.2) is 29.2 Å². The van der Waals surface area contributed by atoms with Crippen molar-refractivity contribution >= 4 is 31.8 Å². The molecule has 0 fully saturated rings. The van der Waals surface area contributed by atoms with Crippen molar-refractivity contribution in [1.29, 1.82) is 0 Å². The molecule has 0 spiro atoms. The molecule has 0 aliphatic heterocycles. The Morgan fingerprint density at radius 3 is 2.62 bits per heavy atom. The molecule has 1 aromatic carbocycles. The van der Waals surface area contributed by atoms with Crippen molar-refractivity contribution in [2.45, 2.75) is 33.1 Å². The molecule has 6 nitrogen and oxygen atoms in total. The van der Waals surface area contributed by atoms with Crippen molar-refractivity contribution in [1.82, 2.24) is 15.0 Å². The number of ether oxygens (including phenoxy) is 2. The Kier molecular flexibility index (Phi) is 5.24. The quantitative estimate of drug-likeness (QED) is 0.492. The summed E-state index contributed by atoms with van der Waals surface area (Å²) in [5.41, 5.74) is 3.46. The number of nitrogens with zero attached hydrogens (tertiary/aromatic N) is 2. The van der Waals surface area contributed by atoms with Crippen LogP contribution in [-0.2, 0) is 6.42 Å². The lowest BCUT2D eigenvalue weighted by Gasteiger charge is -2.10. The number of methoxy groups -OCH3 is 2. The van der Waals surface area contributed by atoms with Crippen LogP contribution in [0.4, 0.5) is 0 Å². The number of aromatic amines is 1. The maximum absolute atomic E-state index is 12.6. The van der Waals surface area contributed by atoms with Gasteiger partial charge in [-0.25, -0.2) is 9.97 Å². The summed E-state index contributed by atoms with van der Waals surface area (Å²) in [6.07, 6.45) is 2.83. The highest BCUT2D eigenvalue weighted by atomic mass is 32.1. The zero-order chi connectivity index (χ0) is 20.5. The van der Waals surface area contributed by atoms with E-state index >= 15 is 0 Å². The van der Waals surface area contributed by atoms with Gasteiger partial charge in [-0.15, -0.1) is 11.3 Å². The molecule has 0 aliphatic rings. The van der Waals surface area contributed by atoms with Crippen LogP contribution in [0.2, 0.25) is 0 Å². The maximum atomic E-state index is 12.6. The van der Waals surface area contributed by atoms with Crippen molar-refractivity contribution in [3.63, 3.8) is 0 Å². The molecule has 3 heterocycles. The maximum Gasteiger partial charge on any atom is 0.268 e. The first kappa shape index (κ1) is 19.4. The van der Waals surface area contributed by atoms with E-state index in [2.05, 4.69) is 11.9 Å². The lowest BCUT2D eigenvalue weighted by atomic mass is 10.1. The van der Waals surface area contributed by atoms with Crippen LogP contribution < -0.4 is 15.0 Å². The SMILES string of the molecule is CCCCc1nc2c(sc3nc(-c4ccc(OC)c(OC)c4)cc(C)c32)c(=O)[nH]1. The predicted molar refractivity (Wildman–Crippen MR) is 117 cm³/mol. The molecule has 7 heteroatoms. The van der Waals surface area contributed by atoms with E-state index in [9.17, 15) is 4.79 Å². The Morgan fingerprint density at radius 2 is 1.90 bits per heavy atom. The minimum atomic E-state index is -0.0869. The molecule has 0 saturated heterocycles. The summed E-state index contributed by atoms with van der Waals surface area (Å²) in [4.78, 5) is 25.9. The summed E-state index contributed by atoms with van der Waals surface area (Å²) in [5.74, 6) is 2.07. The Morgan fingerprint density at radius 1 is 1.10 bits per heavy atom. The number of benzene rings is 1. The number of rotatable bonds is 6. The molecule has 1 N–H and O–H groups in total. The normalized spacial score (nSPS) is 11.3. The van der Waals surface area contributed by atoms with E-state index in [4.69, 9.17) is 19.4 Å². The average Bonchev–Trinajstić information content (AvgIpc) is 3.11. The number of H-pyrrole nitrogens is 1. The molecule has 0 amide bonds. The summed E-state index contributed by atoms with van der Waals surface area (Å²) >= 11 is 1.39. The zero-order valence-electron chi connectivity index (χ0n) is 17.0. The highest BCUT2D eigenvalue weighted by Gasteiger charge is 2.16. The fourth-order valence-corrected chi connectivity index (χ4v) is 4.57. The molecule has 150 valence electrons. The lowest BCUT2D eigenvalue weighted by molar-refractivity contribution is 0.355. The van der Waals surface area contributed by atoms with Crippen molar-refractivity contribution in [2.75, 3.05) is 14.2 Å². The average molecular weight is 410 g/mol. The Balaban J connectivity index is 1.89. The van der Waals surface area contributed by atoms with Gasteiger partial charge in [0.15, 0.2) is 11.5 Å². The molecule has 0 unspecified atom stereocenters. The molecule has 4 rings (SSSR count). The molecule has 0 atom stereocenters. The number of fused-ring (bicyclic) bond motifs is 3. The second-order valence-corrected chi connectivity index (χ2v) is 7.97. The van der Waals surface area contributed by atoms with E-state index in [1.165, 1.54) is 11.3 Å². The highest BCUT2D eigenvalue weighted by molar-refractivity contribution is 7.25. The topological polar surface area (TPSA) is 77.1 Å². The third-order valence-corrected chi connectivity index (χ3v) is 6.06. The fourth-order valence-electron chi connectivity index (χ4n) is 3.48. The monoisotopic (exact) mass is 409 g/mol. The summed E-state index contributed by atoms with van der Waals surface area (Å²) in [7, 11) is 3.23. The van der Waals surface area contributed by atoms with Crippen LogP contribution >= 0.6 is 11.3 Å². The van der Waals surface area contributed by atoms with Crippen LogP contribution in [0.15, 0.2) is 29.1 Å². The van der Waals surface area contributed by atoms with Gasteiger partial charge in [-0.05, 0) is 43.2 Å². The van der Waals surface area contributed by atoms with Crippen molar-refractivity contribution in [3.8, 4) is 22.8 Å². The van der Waals surface area contributed by atoms with Gasteiger partial charge in [-0.1, -0.05) is 13.3 Å². The van der Waals surface area contributed by atoms with Crippen LogP contribution in [0, 0.1) is 6.92 Å². The zero-order valence-corrected chi connectivity index (χ0v) is 17.8. The first-order valence-electron chi connectivity index (χ1n) is 9.61. The van der Waals surface area contributed by atoms with Crippen LogP contribution in [0.5, 0.6) is 11.5 Å². The number of thiophene rings is 1. The second-order valence-electron chi connectivity index (χ2n) is 6.97. The van der Waals surface area contributed by atoms with Crippen molar-refractivity contribution in [3.05, 3.63) is 46.0 Å². The van der Waals surface area contributed by atoms with Gasteiger partial charge in [0.05, 0.1) is 25.4 Å². The van der Waals surface area contributed by atoms with E-state index in [0.717, 1.165) is 57.6 Å². The molecule has 4 aromatic rings. The first-order valence-corrected chi connectivity index (χ1v) is 10.4. The van der Waals surface area contributed by atoms with Gasteiger partial charge in [-0.2, -0.15) is 0 Å². The number of pyridine rings is 1. The minimum absolute atomic E-state index is 0.0869. The number of hydrogen-bond donors (Lipinski definition) is 1. The molecule has 29 heavy (non-hydrogen) atoms. The minimum Gasteiger partial charge on any atom is -0.493 e. The van der Waals surface area contributed by atoms with Gasteiger partial charge < -0.3 is 14.5 Å². The number of hydrogen-bond acceptors (Lipinski definition) is 6. The summed E-state index contributed by atoms with van der Waals surface area (Å²) in [6, 6.07) is 7.76. The smallest absolute Gasteiger partial charge is 0.268 e. The molecular weight excluding hydrogens is 386 g/mol. The standard InChI is InChI=1S/C22H23N3O3S/c1-5-6-7-17-24-19-18-12(2)10-14(23-22(18)29-20(19)21(26)25-17)13-8-9-15(27-3)16(11-13)28-4/h8-11H,5-7H2,1-4H3,(H,24,25,26). The molecule has 3 aromatic heterocycles. The third-order valence-electron chi connectivity index (χ3n) is 4.99. The van der Waals surface area contributed by atoms with Gasteiger partial charge in [-0.3, -0.25) is 4.79 Å². The molecular formula is C22H23N3O3S. The first-order chi connectivity index (χ1) is 14.0. The van der Waals surface area contributed by atoms with E-state index < -0.39 is 0 Å². The van der Waals surface area contributed by atoms with Gasteiger partial charge in [0, 0.05) is 17.4 Å². The summed E-state index contributed by atoms with van der Waals surface area (Å²) in [6.45, 7) is 4.16. The van der Waals surface area contributed by atoms with Gasteiger partial charge in [0.1, 0.15) is 15.4 Å². The van der Waals surface area contributed by atoms with E-state index in [1.54, 1.807) is 14.2 Å². The molecule has 0 aliphatic carbocycles. The molecule has 0 radical (unpaired) electrons. The van der Waals surface area contributed by atoms with Gasteiger partial charge >= 0.3 is 0 Å². The molecule has 0 saturated carbocycles. The summed E-state index contributed by atoms with van der Waals surface area (Å²) < 4.78 is 11.4. The largest absolute Gasteiger partial charge is 0.493 e. The second kappa shape index (κ2) is 7.83. The fraction of sp³-hybridized carbons (Fsp3) is 0.318. The van der Waals surface area contributed by atoms with E-state index in [-0.39, 0.29) is 5.56 Å². The predicted octanol–water partition coefficient (Wildman–Crippen LogP) is 4.87. The van der Waals surface area contributed by atoms with E-state index in [0.29, 0.717) is 16.2 Å². The van der Waals surface area contributed by atoms with Crippen LogP contribution in [0.25, 0.3) is 31.7 Å². The van der Waals surface area contributed by atoms with Crippen molar-refractivity contribution in [2.24, 2.45) is 0 Å². The van der Waals surface area contributed by atoms with Gasteiger partial charge in [0.25, 0.3) is 5.56 Å².